The van der Waals surface area contributed by atoms with Gasteiger partial charge in [0.25, 0.3) is 0 Å². The molecule has 1 nitrogen and oxygen atoms in total. The van der Waals surface area contributed by atoms with Crippen LogP contribution < -0.4 is 0 Å². The first kappa shape index (κ1) is 12.6. The van der Waals surface area contributed by atoms with Crippen LogP contribution in [-0.4, -0.2) is 4.98 Å². The van der Waals surface area contributed by atoms with Crippen LogP contribution in [0, 0.1) is 0 Å². The maximum atomic E-state index is 3.61. The minimum absolute atomic E-state index is 1.21. The minimum atomic E-state index is 1.21. The zero-order valence-electron chi connectivity index (χ0n) is 12.8. The molecule has 0 aliphatic heterocycles. The van der Waals surface area contributed by atoms with E-state index < -0.39 is 0 Å². The highest BCUT2D eigenvalue weighted by Gasteiger charge is 2.11. The molecule has 2 heteroatoms. The van der Waals surface area contributed by atoms with E-state index in [1.54, 1.807) is 0 Å². The Morgan fingerprint density at radius 1 is 0.583 bits per heavy atom. The number of nitrogens with one attached hydrogen (secondary N) is 1. The molecule has 0 atom stereocenters. The Morgan fingerprint density at radius 2 is 1.42 bits per heavy atom. The van der Waals surface area contributed by atoms with Crippen molar-refractivity contribution in [2.45, 2.75) is 0 Å². The van der Waals surface area contributed by atoms with E-state index in [9.17, 15) is 0 Å². The van der Waals surface area contributed by atoms with Crippen LogP contribution in [0.3, 0.4) is 0 Å². The Bertz CT molecular complexity index is 1400. The van der Waals surface area contributed by atoms with E-state index in [1.165, 1.54) is 52.8 Å². The summed E-state index contributed by atoms with van der Waals surface area (Å²) in [4.78, 5) is 3.61. The summed E-state index contributed by atoms with van der Waals surface area (Å²) in [7, 11) is 0. The van der Waals surface area contributed by atoms with E-state index in [2.05, 4.69) is 77.8 Å². The lowest BCUT2D eigenvalue weighted by Crippen LogP contribution is -1.74. The first-order valence-electron chi connectivity index (χ1n) is 8.13. The van der Waals surface area contributed by atoms with Crippen molar-refractivity contribution < 1.29 is 0 Å². The van der Waals surface area contributed by atoms with Gasteiger partial charge in [-0.15, -0.1) is 11.3 Å². The fraction of sp³-hybridized carbons (Fsp3) is 0. The minimum Gasteiger partial charge on any atom is -0.354 e. The molecule has 0 aliphatic rings. The van der Waals surface area contributed by atoms with E-state index in [4.69, 9.17) is 0 Å². The number of aromatic amines is 1. The summed E-state index contributed by atoms with van der Waals surface area (Å²) in [6.45, 7) is 0. The molecule has 0 saturated carbocycles. The first-order chi connectivity index (χ1) is 11.9. The average Bonchev–Trinajstić information content (AvgIpc) is 3.17. The maximum Gasteiger partial charge on any atom is 0.0479 e. The second-order valence-electron chi connectivity index (χ2n) is 6.33. The Morgan fingerprint density at radius 3 is 2.38 bits per heavy atom. The highest BCUT2D eigenvalue weighted by molar-refractivity contribution is 7.25. The third-order valence-corrected chi connectivity index (χ3v) is 6.12. The first-order valence-corrected chi connectivity index (χ1v) is 8.94. The fourth-order valence-electron chi connectivity index (χ4n) is 3.89. The number of rotatable bonds is 0. The zero-order chi connectivity index (χ0) is 15.7. The van der Waals surface area contributed by atoms with Gasteiger partial charge in [-0.25, -0.2) is 0 Å². The van der Waals surface area contributed by atoms with Crippen molar-refractivity contribution in [2.24, 2.45) is 0 Å². The summed E-state index contributed by atoms with van der Waals surface area (Å²) in [6.07, 6.45) is 0. The monoisotopic (exact) mass is 323 g/mol. The van der Waals surface area contributed by atoms with E-state index in [0.29, 0.717) is 0 Å². The van der Waals surface area contributed by atoms with Gasteiger partial charge in [0.2, 0.25) is 0 Å². The standard InChI is InChI=1S/C22H13NS/c1-2-6-14-13(5-1)9-10-18-22(14)17-11-16-15-7-3-4-8-20(15)24-21(16)12-19(17)23-18/h1-12,23H. The lowest BCUT2D eigenvalue weighted by molar-refractivity contribution is 1.56. The van der Waals surface area contributed by atoms with E-state index in [1.807, 2.05) is 11.3 Å². The van der Waals surface area contributed by atoms with E-state index >= 15 is 0 Å². The van der Waals surface area contributed by atoms with Crippen LogP contribution in [0.2, 0.25) is 0 Å². The number of hydrogen-bond acceptors (Lipinski definition) is 1. The van der Waals surface area contributed by atoms with Crippen LogP contribution in [0.1, 0.15) is 0 Å². The molecular formula is C22H13NS. The third-order valence-electron chi connectivity index (χ3n) is 4.98. The van der Waals surface area contributed by atoms with Gasteiger partial charge in [0.1, 0.15) is 0 Å². The highest BCUT2D eigenvalue weighted by Crippen LogP contribution is 2.39. The molecule has 0 radical (unpaired) electrons. The topological polar surface area (TPSA) is 15.8 Å². The SMILES string of the molecule is c1ccc2c(c1)ccc1[nH]c3cc4sc5ccccc5c4cc3c12. The van der Waals surface area contributed by atoms with Crippen molar-refractivity contribution in [3.8, 4) is 0 Å². The number of aromatic nitrogens is 1. The van der Waals surface area contributed by atoms with Crippen LogP contribution in [-0.2, 0) is 0 Å². The predicted molar refractivity (Wildman–Crippen MR) is 106 cm³/mol. The molecule has 6 rings (SSSR count). The molecule has 2 aromatic heterocycles. The van der Waals surface area contributed by atoms with Gasteiger partial charge in [0.05, 0.1) is 0 Å². The van der Waals surface area contributed by atoms with E-state index in [0.717, 1.165) is 0 Å². The fourth-order valence-corrected chi connectivity index (χ4v) is 5.02. The molecule has 0 unspecified atom stereocenters. The zero-order valence-corrected chi connectivity index (χ0v) is 13.7. The van der Waals surface area contributed by atoms with Crippen molar-refractivity contribution in [2.75, 3.05) is 0 Å². The van der Waals surface area contributed by atoms with Crippen molar-refractivity contribution in [3.63, 3.8) is 0 Å². The second kappa shape index (κ2) is 4.37. The maximum absolute atomic E-state index is 3.61. The Hall–Kier alpha value is -2.84. The van der Waals surface area contributed by atoms with Crippen LogP contribution in [0.15, 0.2) is 72.8 Å². The molecule has 0 bridgehead atoms. The van der Waals surface area contributed by atoms with Gasteiger partial charge >= 0.3 is 0 Å². The molecule has 112 valence electrons. The predicted octanol–water partition coefficient (Wildman–Crippen LogP) is 6.84. The summed E-state index contributed by atoms with van der Waals surface area (Å²) in [5.41, 5.74) is 2.44. The largest absolute Gasteiger partial charge is 0.354 e. The third kappa shape index (κ3) is 1.53. The number of hydrogen-bond donors (Lipinski definition) is 1. The summed E-state index contributed by atoms with van der Waals surface area (Å²) in [5, 5.41) is 7.98. The lowest BCUT2D eigenvalue weighted by atomic mass is 10.0. The van der Waals surface area contributed by atoms with Crippen molar-refractivity contribution in [1.29, 1.82) is 0 Å². The van der Waals surface area contributed by atoms with Gasteiger partial charge in [0.15, 0.2) is 0 Å². The van der Waals surface area contributed by atoms with Gasteiger partial charge in [-0.1, -0.05) is 48.5 Å². The van der Waals surface area contributed by atoms with E-state index in [-0.39, 0.29) is 0 Å². The number of fused-ring (bicyclic) bond motifs is 8. The molecular weight excluding hydrogens is 310 g/mol. The van der Waals surface area contributed by atoms with Crippen LogP contribution in [0.4, 0.5) is 0 Å². The quantitative estimate of drug-likeness (QED) is 0.315. The van der Waals surface area contributed by atoms with Gasteiger partial charge in [-0.05, 0) is 35.0 Å². The number of H-pyrrole nitrogens is 1. The van der Waals surface area contributed by atoms with Crippen molar-refractivity contribution in [1.82, 2.24) is 4.98 Å². The second-order valence-corrected chi connectivity index (χ2v) is 7.41. The molecule has 1 N–H and O–H groups in total. The molecule has 4 aromatic carbocycles. The molecule has 24 heavy (non-hydrogen) atoms. The van der Waals surface area contributed by atoms with Gasteiger partial charge in [-0.2, -0.15) is 0 Å². The summed E-state index contributed by atoms with van der Waals surface area (Å²) in [6, 6.07) is 26.4. The normalized spacial score (nSPS) is 12.2. The van der Waals surface area contributed by atoms with Gasteiger partial charge < -0.3 is 4.98 Å². The Balaban J connectivity index is 1.89. The Kier molecular flexibility index (Phi) is 2.29. The van der Waals surface area contributed by atoms with Crippen LogP contribution >= 0.6 is 11.3 Å². The van der Waals surface area contributed by atoms with Gasteiger partial charge in [-0.3, -0.25) is 0 Å². The van der Waals surface area contributed by atoms with Crippen molar-refractivity contribution in [3.05, 3.63) is 72.8 Å². The number of benzene rings is 4. The molecule has 0 spiro atoms. The summed E-state index contributed by atoms with van der Waals surface area (Å²) >= 11 is 1.87. The smallest absolute Gasteiger partial charge is 0.0479 e. The highest BCUT2D eigenvalue weighted by atomic mass is 32.1. The Labute approximate surface area is 142 Å². The van der Waals surface area contributed by atoms with Gasteiger partial charge in [0, 0.05) is 42.0 Å². The van der Waals surface area contributed by atoms with Crippen LogP contribution in [0.5, 0.6) is 0 Å². The number of thiophene rings is 1. The summed E-state index contributed by atoms with van der Waals surface area (Å²) < 4.78 is 2.70. The molecule has 6 aromatic rings. The average molecular weight is 323 g/mol. The van der Waals surface area contributed by atoms with Crippen molar-refractivity contribution >= 4 is 64.1 Å². The lowest BCUT2D eigenvalue weighted by Gasteiger charge is -2.00. The molecule has 0 aliphatic carbocycles. The molecule has 2 heterocycles. The van der Waals surface area contributed by atoms with Crippen LogP contribution in [0.25, 0.3) is 52.8 Å². The summed E-state index contributed by atoms with van der Waals surface area (Å²) in [5.74, 6) is 0. The molecule has 0 amide bonds. The molecule has 0 fully saturated rings. The molecule has 0 saturated heterocycles.